The van der Waals surface area contributed by atoms with Crippen LogP contribution in [0.15, 0.2) is 35.7 Å². The molecule has 0 unspecified atom stereocenters. The van der Waals surface area contributed by atoms with Gasteiger partial charge in [-0.1, -0.05) is 30.3 Å². The van der Waals surface area contributed by atoms with Crippen molar-refractivity contribution in [3.63, 3.8) is 0 Å². The maximum absolute atomic E-state index is 11.5. The smallest absolute Gasteiger partial charge is 0.323 e. The van der Waals surface area contributed by atoms with Crippen LogP contribution in [0.2, 0.25) is 0 Å². The summed E-state index contributed by atoms with van der Waals surface area (Å²) in [6.45, 7) is 2.54. The predicted octanol–water partition coefficient (Wildman–Crippen LogP) is 2.78. The van der Waals surface area contributed by atoms with E-state index in [2.05, 4.69) is 15.7 Å². The van der Waals surface area contributed by atoms with Crippen LogP contribution in [-0.4, -0.2) is 23.6 Å². The number of nitrogens with one attached hydrogen (secondary N) is 1. The molecule has 1 aliphatic rings. The Kier molecular flexibility index (Phi) is 3.80. The molecule has 0 amide bonds. The van der Waals surface area contributed by atoms with Gasteiger partial charge in [0.25, 0.3) is 0 Å². The molecule has 5 heteroatoms. The average Bonchev–Trinajstić information content (AvgIpc) is 3.10. The second kappa shape index (κ2) is 5.73. The zero-order valence-electron chi connectivity index (χ0n) is 11.2. The number of benzene rings is 1. The van der Waals surface area contributed by atoms with Gasteiger partial charge in [0.05, 0.1) is 18.3 Å². The lowest BCUT2D eigenvalue weighted by Gasteiger charge is -2.14. The van der Waals surface area contributed by atoms with E-state index in [4.69, 9.17) is 4.74 Å². The summed E-state index contributed by atoms with van der Waals surface area (Å²) < 4.78 is 4.96. The van der Waals surface area contributed by atoms with Crippen LogP contribution in [0.3, 0.4) is 0 Å². The average molecular weight is 288 g/mol. The minimum absolute atomic E-state index is 0.0492. The summed E-state index contributed by atoms with van der Waals surface area (Å²) in [5.41, 5.74) is 2.09. The summed E-state index contributed by atoms with van der Waals surface area (Å²) in [6, 6.07) is 9.94. The zero-order chi connectivity index (χ0) is 13.9. The summed E-state index contributed by atoms with van der Waals surface area (Å²) >= 11 is 1.61. The van der Waals surface area contributed by atoms with Crippen molar-refractivity contribution in [3.8, 4) is 11.3 Å². The fourth-order valence-corrected chi connectivity index (χ4v) is 3.09. The molecule has 104 valence electrons. The predicted molar refractivity (Wildman–Crippen MR) is 78.5 cm³/mol. The molecule has 3 rings (SSSR count). The van der Waals surface area contributed by atoms with Crippen LogP contribution in [0.25, 0.3) is 11.3 Å². The third-order valence-electron chi connectivity index (χ3n) is 3.35. The zero-order valence-corrected chi connectivity index (χ0v) is 12.0. The van der Waals surface area contributed by atoms with Gasteiger partial charge in [-0.25, -0.2) is 4.98 Å². The van der Waals surface area contributed by atoms with Gasteiger partial charge >= 0.3 is 5.97 Å². The summed E-state index contributed by atoms with van der Waals surface area (Å²) in [5, 5.41) is 6.32. The summed E-state index contributed by atoms with van der Waals surface area (Å²) in [4.78, 5) is 16.1. The first-order valence-corrected chi connectivity index (χ1v) is 7.55. The van der Waals surface area contributed by atoms with Gasteiger partial charge in [0.2, 0.25) is 0 Å². The number of carbonyl (C=O) groups is 1. The summed E-state index contributed by atoms with van der Waals surface area (Å²) in [5.74, 6) is -0.156. The molecule has 0 spiro atoms. The third-order valence-corrected chi connectivity index (χ3v) is 4.38. The Labute approximate surface area is 121 Å². The highest BCUT2D eigenvalue weighted by Crippen LogP contribution is 2.26. The number of esters is 1. The van der Waals surface area contributed by atoms with E-state index in [9.17, 15) is 4.79 Å². The molecule has 1 N–H and O–H groups in total. The normalized spacial score (nSPS) is 19.9. The van der Waals surface area contributed by atoms with Crippen molar-refractivity contribution in [2.75, 3.05) is 6.61 Å². The van der Waals surface area contributed by atoms with Crippen LogP contribution in [0.5, 0.6) is 0 Å². The molecule has 1 aromatic carbocycles. The number of carbonyl (C=O) groups excluding carboxylic acids is 1. The highest BCUT2D eigenvalue weighted by molar-refractivity contribution is 7.10. The molecule has 4 nitrogen and oxygen atoms in total. The second-order valence-electron chi connectivity index (χ2n) is 4.83. The van der Waals surface area contributed by atoms with Gasteiger partial charge in [-0.15, -0.1) is 11.3 Å². The molecular weight excluding hydrogens is 272 g/mol. The number of nitrogens with zero attached hydrogens (tertiary/aromatic N) is 1. The number of hydrogen-bond acceptors (Lipinski definition) is 5. The monoisotopic (exact) mass is 288 g/mol. The van der Waals surface area contributed by atoms with Gasteiger partial charge < -0.3 is 4.74 Å². The highest BCUT2D eigenvalue weighted by Gasteiger charge is 2.28. The number of ether oxygens (including phenoxy) is 1. The Morgan fingerprint density at radius 1 is 1.40 bits per heavy atom. The van der Waals surface area contributed by atoms with Crippen molar-refractivity contribution in [2.45, 2.75) is 25.4 Å². The van der Waals surface area contributed by atoms with Crippen molar-refractivity contribution in [3.05, 3.63) is 40.7 Å². The summed E-state index contributed by atoms with van der Waals surface area (Å²) in [7, 11) is 0. The molecule has 1 saturated heterocycles. The first-order chi connectivity index (χ1) is 9.74. The quantitative estimate of drug-likeness (QED) is 0.879. The summed E-state index contributed by atoms with van der Waals surface area (Å²) in [6.07, 6.45) is 0.736. The van der Waals surface area contributed by atoms with Gasteiger partial charge in [-0.05, 0) is 6.92 Å². The van der Waals surface area contributed by atoms with Crippen LogP contribution in [0.4, 0.5) is 0 Å². The Hall–Kier alpha value is -1.72. The van der Waals surface area contributed by atoms with Crippen molar-refractivity contribution < 1.29 is 9.53 Å². The van der Waals surface area contributed by atoms with Crippen molar-refractivity contribution >= 4 is 17.3 Å². The topological polar surface area (TPSA) is 51.2 Å². The van der Waals surface area contributed by atoms with Gasteiger partial charge in [-0.2, -0.15) is 0 Å². The molecule has 2 atom stereocenters. The third kappa shape index (κ3) is 2.73. The van der Waals surface area contributed by atoms with E-state index in [1.807, 2.05) is 37.3 Å². The molecule has 1 aromatic heterocycles. The fraction of sp³-hybridized carbons (Fsp3) is 0.333. The minimum Gasteiger partial charge on any atom is -0.464 e. The number of cyclic esters (lactones) is 1. The minimum atomic E-state index is -0.200. The van der Waals surface area contributed by atoms with Gasteiger partial charge in [-0.3, -0.25) is 10.1 Å². The standard InChI is InChI=1S/C15H16N2O2S/c1-10(16-12-7-8-19-15(12)18)14-17-13(9-20-14)11-5-3-2-4-6-11/h2-6,9-10,12,16H,7-8H2,1H3/t10-,12+/m0/s1. The molecule has 20 heavy (non-hydrogen) atoms. The fourth-order valence-electron chi connectivity index (χ4n) is 2.25. The van der Waals surface area contributed by atoms with Crippen LogP contribution in [0.1, 0.15) is 24.4 Å². The Bertz CT molecular complexity index is 597. The molecule has 2 aromatic rings. The molecule has 0 radical (unpaired) electrons. The highest BCUT2D eigenvalue weighted by atomic mass is 32.1. The van der Waals surface area contributed by atoms with E-state index >= 15 is 0 Å². The van der Waals surface area contributed by atoms with E-state index in [1.165, 1.54) is 0 Å². The van der Waals surface area contributed by atoms with Crippen LogP contribution >= 0.6 is 11.3 Å². The number of rotatable bonds is 4. The maximum Gasteiger partial charge on any atom is 0.323 e. The van der Waals surface area contributed by atoms with E-state index in [0.29, 0.717) is 6.61 Å². The van der Waals surface area contributed by atoms with Crippen LogP contribution in [0, 0.1) is 0 Å². The van der Waals surface area contributed by atoms with E-state index in [1.54, 1.807) is 11.3 Å². The number of aromatic nitrogens is 1. The Morgan fingerprint density at radius 3 is 2.90 bits per heavy atom. The maximum atomic E-state index is 11.5. The van der Waals surface area contributed by atoms with Crippen molar-refractivity contribution in [2.24, 2.45) is 0 Å². The number of hydrogen-bond donors (Lipinski definition) is 1. The van der Waals surface area contributed by atoms with E-state index in [-0.39, 0.29) is 18.1 Å². The first kappa shape index (κ1) is 13.3. The second-order valence-corrected chi connectivity index (χ2v) is 5.72. The lowest BCUT2D eigenvalue weighted by molar-refractivity contribution is -0.139. The van der Waals surface area contributed by atoms with Crippen LogP contribution in [-0.2, 0) is 9.53 Å². The largest absolute Gasteiger partial charge is 0.464 e. The lowest BCUT2D eigenvalue weighted by atomic mass is 10.2. The molecule has 2 heterocycles. The SMILES string of the molecule is C[C@H](N[C@@H]1CCOC1=O)c1nc(-c2ccccc2)cs1. The number of thiazole rings is 1. The molecule has 1 aliphatic heterocycles. The molecular formula is C15H16N2O2S. The van der Waals surface area contributed by atoms with Gasteiger partial charge in [0, 0.05) is 17.4 Å². The molecule has 0 aliphatic carbocycles. The van der Waals surface area contributed by atoms with Crippen LogP contribution < -0.4 is 5.32 Å². The van der Waals surface area contributed by atoms with Crippen molar-refractivity contribution in [1.82, 2.24) is 10.3 Å². The first-order valence-electron chi connectivity index (χ1n) is 6.67. The Morgan fingerprint density at radius 2 is 2.20 bits per heavy atom. The van der Waals surface area contributed by atoms with E-state index in [0.717, 1.165) is 22.7 Å². The lowest BCUT2D eigenvalue weighted by Crippen LogP contribution is -2.34. The van der Waals surface area contributed by atoms with Crippen molar-refractivity contribution in [1.29, 1.82) is 0 Å². The molecule has 0 saturated carbocycles. The Balaban J connectivity index is 1.71. The van der Waals surface area contributed by atoms with E-state index < -0.39 is 0 Å². The molecule has 0 bridgehead atoms. The van der Waals surface area contributed by atoms with Gasteiger partial charge in [0.1, 0.15) is 11.0 Å². The molecule has 1 fully saturated rings. The van der Waals surface area contributed by atoms with Gasteiger partial charge in [0.15, 0.2) is 0 Å².